The molecule has 18 heavy (non-hydrogen) atoms. The van der Waals surface area contributed by atoms with Gasteiger partial charge in [-0.2, -0.15) is 0 Å². The average molecular weight is 312 g/mol. The molecule has 1 N–H and O–H groups in total. The van der Waals surface area contributed by atoms with Crippen molar-refractivity contribution < 1.29 is 9.18 Å². The molecule has 96 valence electrons. The summed E-state index contributed by atoms with van der Waals surface area (Å²) in [5, 5.41) is 2.81. The maximum atomic E-state index is 13.4. The lowest BCUT2D eigenvalue weighted by Gasteiger charge is -2.18. The molecule has 1 aliphatic carbocycles. The van der Waals surface area contributed by atoms with Gasteiger partial charge in [-0.3, -0.25) is 4.79 Å². The van der Waals surface area contributed by atoms with Crippen molar-refractivity contribution in [3.05, 3.63) is 40.1 Å². The molecule has 4 heteroatoms. The third-order valence-corrected chi connectivity index (χ3v) is 3.77. The fraction of sp³-hybridized carbons (Fsp3) is 0.357. The summed E-state index contributed by atoms with van der Waals surface area (Å²) in [5.74, 6) is -0.385. The van der Waals surface area contributed by atoms with Gasteiger partial charge in [0.15, 0.2) is 0 Å². The largest absolute Gasteiger partial charge is 0.325 e. The summed E-state index contributed by atoms with van der Waals surface area (Å²) in [7, 11) is 0. The number of hydrogen-bond acceptors (Lipinski definition) is 1. The minimum atomic E-state index is -0.362. The zero-order valence-corrected chi connectivity index (χ0v) is 11.8. The lowest BCUT2D eigenvalue weighted by molar-refractivity contribution is -0.120. The predicted octanol–water partition coefficient (Wildman–Crippen LogP) is 4.19. The van der Waals surface area contributed by atoms with E-state index in [4.69, 9.17) is 0 Å². The Bertz CT molecular complexity index is 499. The van der Waals surface area contributed by atoms with E-state index < -0.39 is 0 Å². The number of rotatable bonds is 2. The first-order chi connectivity index (χ1) is 8.58. The zero-order valence-electron chi connectivity index (χ0n) is 10.2. The average Bonchev–Trinajstić information content (AvgIpc) is 2.37. The number of carbonyl (C=O) groups excluding carboxylic acids is 1. The van der Waals surface area contributed by atoms with E-state index in [0.717, 1.165) is 24.8 Å². The molecule has 1 aliphatic rings. The number of amides is 1. The molecule has 1 amide bonds. The Morgan fingerprint density at radius 3 is 2.89 bits per heavy atom. The van der Waals surface area contributed by atoms with Gasteiger partial charge in [0.25, 0.3) is 0 Å². The van der Waals surface area contributed by atoms with Crippen molar-refractivity contribution in [2.24, 2.45) is 5.92 Å². The van der Waals surface area contributed by atoms with Crippen LogP contribution < -0.4 is 5.32 Å². The van der Waals surface area contributed by atoms with E-state index in [2.05, 4.69) is 27.3 Å². The number of hydrogen-bond donors (Lipinski definition) is 1. The van der Waals surface area contributed by atoms with Crippen LogP contribution in [-0.2, 0) is 4.79 Å². The van der Waals surface area contributed by atoms with Crippen LogP contribution in [0.15, 0.2) is 28.8 Å². The van der Waals surface area contributed by atoms with Gasteiger partial charge in [-0.15, -0.1) is 0 Å². The van der Waals surface area contributed by atoms with Crippen LogP contribution in [0.2, 0.25) is 0 Å². The number of halogens is 2. The summed E-state index contributed by atoms with van der Waals surface area (Å²) < 4.78 is 13.9. The second-order valence-corrected chi connectivity index (χ2v) is 5.41. The van der Waals surface area contributed by atoms with Gasteiger partial charge in [-0.05, 0) is 59.8 Å². The second kappa shape index (κ2) is 5.65. The Morgan fingerprint density at radius 2 is 2.22 bits per heavy atom. The number of benzene rings is 1. The number of allylic oxidation sites excluding steroid dienone is 2. The van der Waals surface area contributed by atoms with E-state index in [9.17, 15) is 9.18 Å². The van der Waals surface area contributed by atoms with E-state index in [-0.39, 0.29) is 17.6 Å². The van der Waals surface area contributed by atoms with Crippen LogP contribution in [-0.4, -0.2) is 5.91 Å². The molecule has 0 fully saturated rings. The van der Waals surface area contributed by atoms with Gasteiger partial charge in [0.2, 0.25) is 5.91 Å². The van der Waals surface area contributed by atoms with Crippen LogP contribution in [0.25, 0.3) is 0 Å². The van der Waals surface area contributed by atoms with Crippen LogP contribution in [0.1, 0.15) is 24.8 Å². The summed E-state index contributed by atoms with van der Waals surface area (Å²) in [5.41, 5.74) is 1.40. The molecule has 1 unspecified atom stereocenters. The molecule has 0 heterocycles. The van der Waals surface area contributed by atoms with Gasteiger partial charge >= 0.3 is 0 Å². The number of carbonyl (C=O) groups is 1. The van der Waals surface area contributed by atoms with Crippen molar-refractivity contribution in [1.82, 2.24) is 0 Å². The highest BCUT2D eigenvalue weighted by Gasteiger charge is 2.19. The molecule has 0 saturated carbocycles. The monoisotopic (exact) mass is 311 g/mol. The first-order valence-electron chi connectivity index (χ1n) is 5.99. The molecule has 0 bridgehead atoms. The van der Waals surface area contributed by atoms with E-state index in [1.165, 1.54) is 6.07 Å². The van der Waals surface area contributed by atoms with Gasteiger partial charge in [0, 0.05) is 11.6 Å². The van der Waals surface area contributed by atoms with Crippen molar-refractivity contribution in [3.63, 3.8) is 0 Å². The van der Waals surface area contributed by atoms with Gasteiger partial charge in [-0.25, -0.2) is 4.39 Å². The zero-order chi connectivity index (χ0) is 13.1. The van der Waals surface area contributed by atoms with E-state index in [0.29, 0.717) is 10.2 Å². The fourth-order valence-electron chi connectivity index (χ4n) is 2.05. The van der Waals surface area contributed by atoms with Crippen molar-refractivity contribution in [2.75, 3.05) is 5.32 Å². The molecule has 0 saturated heterocycles. The maximum absolute atomic E-state index is 13.4. The summed E-state index contributed by atoms with van der Waals surface area (Å²) in [6.07, 6.45) is 6.69. The molecule has 0 radical (unpaired) electrons. The minimum absolute atomic E-state index is 0.00103. The summed E-state index contributed by atoms with van der Waals surface area (Å²) in [4.78, 5) is 12.0. The van der Waals surface area contributed by atoms with Crippen molar-refractivity contribution >= 4 is 27.5 Å². The van der Waals surface area contributed by atoms with Gasteiger partial charge < -0.3 is 5.32 Å². The third kappa shape index (κ3) is 2.99. The van der Waals surface area contributed by atoms with E-state index in [1.807, 2.05) is 13.0 Å². The quantitative estimate of drug-likeness (QED) is 0.815. The lowest BCUT2D eigenvalue weighted by atomic mass is 9.93. The van der Waals surface area contributed by atoms with E-state index in [1.54, 1.807) is 6.07 Å². The maximum Gasteiger partial charge on any atom is 0.227 e. The second-order valence-electron chi connectivity index (χ2n) is 4.55. The number of nitrogens with one attached hydrogen (secondary N) is 1. The first-order valence-corrected chi connectivity index (χ1v) is 6.78. The molecular weight excluding hydrogens is 297 g/mol. The highest BCUT2D eigenvalue weighted by molar-refractivity contribution is 9.10. The van der Waals surface area contributed by atoms with Crippen LogP contribution in [0.5, 0.6) is 0 Å². The van der Waals surface area contributed by atoms with Gasteiger partial charge in [0.05, 0.1) is 4.47 Å². The third-order valence-electron chi connectivity index (χ3n) is 3.17. The molecule has 0 spiro atoms. The van der Waals surface area contributed by atoms with Crippen molar-refractivity contribution in [2.45, 2.75) is 26.2 Å². The molecule has 2 nitrogen and oxygen atoms in total. The van der Waals surface area contributed by atoms with Gasteiger partial charge in [0.1, 0.15) is 5.82 Å². The van der Waals surface area contributed by atoms with E-state index >= 15 is 0 Å². The van der Waals surface area contributed by atoms with Crippen LogP contribution >= 0.6 is 15.9 Å². The molecule has 1 atom stereocenters. The number of anilines is 1. The van der Waals surface area contributed by atoms with Crippen molar-refractivity contribution in [3.8, 4) is 0 Å². The summed E-state index contributed by atoms with van der Waals surface area (Å²) >= 11 is 3.13. The van der Waals surface area contributed by atoms with Crippen molar-refractivity contribution in [1.29, 1.82) is 0 Å². The fourth-order valence-corrected chi connectivity index (χ4v) is 2.51. The smallest absolute Gasteiger partial charge is 0.227 e. The topological polar surface area (TPSA) is 29.1 Å². The predicted molar refractivity (Wildman–Crippen MR) is 73.9 cm³/mol. The van der Waals surface area contributed by atoms with Crippen LogP contribution in [0.4, 0.5) is 10.1 Å². The Labute approximate surface area is 114 Å². The normalized spacial score (nSPS) is 18.7. The molecule has 1 aromatic carbocycles. The standard InChI is InChI=1S/C14H15BrFNO/c1-9-7-11(15)12(16)8-13(9)17-14(18)10-5-3-2-4-6-10/h2-3,7-8,10H,4-6H2,1H3,(H,17,18). The minimum Gasteiger partial charge on any atom is -0.325 e. The highest BCUT2D eigenvalue weighted by atomic mass is 79.9. The Morgan fingerprint density at radius 1 is 1.44 bits per heavy atom. The molecule has 2 rings (SSSR count). The summed E-state index contributed by atoms with van der Waals surface area (Å²) in [6.45, 7) is 1.85. The van der Waals surface area contributed by atoms with Gasteiger partial charge in [-0.1, -0.05) is 12.2 Å². The molecular formula is C14H15BrFNO. The van der Waals surface area contributed by atoms with Crippen LogP contribution in [0, 0.1) is 18.7 Å². The highest BCUT2D eigenvalue weighted by Crippen LogP contribution is 2.26. The lowest BCUT2D eigenvalue weighted by Crippen LogP contribution is -2.24. The number of aryl methyl sites for hydroxylation is 1. The van der Waals surface area contributed by atoms with Crippen LogP contribution in [0.3, 0.4) is 0 Å². The Balaban J connectivity index is 2.11. The SMILES string of the molecule is Cc1cc(Br)c(F)cc1NC(=O)C1CC=CCC1. The molecule has 0 aliphatic heterocycles. The Kier molecular flexibility index (Phi) is 4.17. The summed E-state index contributed by atoms with van der Waals surface area (Å²) in [6, 6.07) is 3.03. The first kappa shape index (κ1) is 13.3. The molecule has 0 aromatic heterocycles. The Hall–Kier alpha value is -1.16. The molecule has 1 aromatic rings.